The fraction of sp³-hybridized carbons (Fsp3) is 0.120. The SMILES string of the molecule is CC1=C(C(=O)Nc2cccnc2)[C@H](c2cccc(O)c2)n2nc(SCc3ccccc3F)nc2N1. The summed E-state index contributed by atoms with van der Waals surface area (Å²) in [7, 11) is 0. The molecule has 0 radical (unpaired) electrons. The second-order valence-corrected chi connectivity index (χ2v) is 8.84. The summed E-state index contributed by atoms with van der Waals surface area (Å²) in [5.41, 5.74) is 2.79. The van der Waals surface area contributed by atoms with Crippen molar-refractivity contribution in [3.63, 3.8) is 0 Å². The lowest BCUT2D eigenvalue weighted by Gasteiger charge is -2.28. The third-order valence-corrected chi connectivity index (χ3v) is 6.38. The first-order chi connectivity index (χ1) is 17.0. The maximum absolute atomic E-state index is 14.1. The zero-order valence-electron chi connectivity index (χ0n) is 18.6. The minimum Gasteiger partial charge on any atom is -0.508 e. The molecular weight excluding hydrogens is 467 g/mol. The van der Waals surface area contributed by atoms with Gasteiger partial charge in [0.1, 0.15) is 17.6 Å². The highest BCUT2D eigenvalue weighted by Gasteiger charge is 2.34. The molecule has 8 nitrogen and oxygen atoms in total. The molecule has 2 aromatic carbocycles. The van der Waals surface area contributed by atoms with Crippen molar-refractivity contribution in [3.05, 3.63) is 101 Å². The average molecular weight is 489 g/mol. The molecule has 0 unspecified atom stereocenters. The lowest BCUT2D eigenvalue weighted by Crippen LogP contribution is -2.31. The van der Waals surface area contributed by atoms with E-state index in [1.165, 1.54) is 17.8 Å². The number of rotatable bonds is 6. The highest BCUT2D eigenvalue weighted by atomic mass is 32.2. The number of hydrogen-bond donors (Lipinski definition) is 3. The molecule has 176 valence electrons. The molecule has 3 N–H and O–H groups in total. The van der Waals surface area contributed by atoms with Gasteiger partial charge in [-0.15, -0.1) is 5.10 Å². The monoisotopic (exact) mass is 488 g/mol. The molecule has 35 heavy (non-hydrogen) atoms. The van der Waals surface area contributed by atoms with Gasteiger partial charge in [0.15, 0.2) is 0 Å². The number of aromatic nitrogens is 4. The summed E-state index contributed by atoms with van der Waals surface area (Å²) in [4.78, 5) is 22.0. The van der Waals surface area contributed by atoms with Gasteiger partial charge in [-0.1, -0.05) is 42.1 Å². The highest BCUT2D eigenvalue weighted by molar-refractivity contribution is 7.98. The van der Waals surface area contributed by atoms with E-state index in [0.717, 1.165) is 0 Å². The van der Waals surface area contributed by atoms with Gasteiger partial charge in [0.05, 0.1) is 17.5 Å². The van der Waals surface area contributed by atoms with Crippen molar-refractivity contribution in [1.29, 1.82) is 0 Å². The Morgan fingerprint density at radius 2 is 2.06 bits per heavy atom. The second-order valence-electron chi connectivity index (χ2n) is 7.90. The fourth-order valence-corrected chi connectivity index (χ4v) is 4.70. The van der Waals surface area contributed by atoms with Crippen LogP contribution in [0.25, 0.3) is 0 Å². The highest BCUT2D eigenvalue weighted by Crippen LogP contribution is 2.37. The number of phenols is 1. The third-order valence-electron chi connectivity index (χ3n) is 5.50. The summed E-state index contributed by atoms with van der Waals surface area (Å²) in [5.74, 6) is 0.254. The Hall–Kier alpha value is -4.18. The number of anilines is 2. The van der Waals surface area contributed by atoms with Crippen molar-refractivity contribution >= 4 is 29.3 Å². The van der Waals surface area contributed by atoms with Crippen LogP contribution in [-0.4, -0.2) is 30.8 Å². The number of phenolic OH excluding ortho intramolecular Hbond substituents is 1. The van der Waals surface area contributed by atoms with E-state index in [1.807, 2.05) is 6.07 Å². The molecule has 1 aliphatic heterocycles. The van der Waals surface area contributed by atoms with E-state index in [-0.39, 0.29) is 17.5 Å². The van der Waals surface area contributed by atoms with Crippen LogP contribution in [0.2, 0.25) is 0 Å². The van der Waals surface area contributed by atoms with Gasteiger partial charge >= 0.3 is 0 Å². The van der Waals surface area contributed by atoms with Crippen LogP contribution in [0.15, 0.2) is 89.5 Å². The van der Waals surface area contributed by atoms with Gasteiger partial charge in [0, 0.05) is 17.6 Å². The number of hydrogen-bond acceptors (Lipinski definition) is 7. The number of aromatic hydroxyl groups is 1. The van der Waals surface area contributed by atoms with E-state index in [1.54, 1.807) is 72.5 Å². The standard InChI is InChI=1S/C25H21FN6O2S/c1-15-21(23(34)29-18-8-5-11-27-13-18)22(16-7-4-9-19(33)12-16)32-24(28-15)30-25(31-32)35-14-17-6-2-3-10-20(17)26/h2-13,22,33H,14H2,1H3,(H,29,34)(H,28,30,31)/t22-/m0/s1. The number of amides is 1. The second kappa shape index (κ2) is 9.59. The number of carbonyl (C=O) groups excluding carboxylic acids is 1. The Morgan fingerprint density at radius 3 is 2.83 bits per heavy atom. The maximum Gasteiger partial charge on any atom is 0.255 e. The molecule has 0 saturated heterocycles. The van der Waals surface area contributed by atoms with Crippen molar-refractivity contribution in [3.8, 4) is 5.75 Å². The van der Waals surface area contributed by atoms with Crippen molar-refractivity contribution < 1.29 is 14.3 Å². The summed E-state index contributed by atoms with van der Waals surface area (Å²) in [6.45, 7) is 1.79. The number of thioether (sulfide) groups is 1. The van der Waals surface area contributed by atoms with E-state index in [4.69, 9.17) is 0 Å². The molecule has 1 atom stereocenters. The molecule has 1 aliphatic rings. The van der Waals surface area contributed by atoms with Gasteiger partial charge in [-0.2, -0.15) is 4.98 Å². The normalized spacial score (nSPS) is 14.9. The van der Waals surface area contributed by atoms with Gasteiger partial charge in [0.25, 0.3) is 5.91 Å². The molecule has 3 heterocycles. The molecule has 0 spiro atoms. The van der Waals surface area contributed by atoms with Crippen LogP contribution in [-0.2, 0) is 10.5 Å². The lowest BCUT2D eigenvalue weighted by atomic mass is 9.95. The van der Waals surface area contributed by atoms with E-state index in [0.29, 0.717) is 44.9 Å². The zero-order valence-corrected chi connectivity index (χ0v) is 19.5. The molecular formula is C25H21FN6O2S. The molecule has 0 saturated carbocycles. The van der Waals surface area contributed by atoms with Crippen molar-refractivity contribution in [2.45, 2.75) is 23.9 Å². The first-order valence-corrected chi connectivity index (χ1v) is 11.8. The van der Waals surface area contributed by atoms with Gasteiger partial charge in [-0.25, -0.2) is 9.07 Å². The number of benzene rings is 2. The molecule has 0 fully saturated rings. The predicted molar refractivity (Wildman–Crippen MR) is 131 cm³/mol. The van der Waals surface area contributed by atoms with Crippen LogP contribution in [0.3, 0.4) is 0 Å². The summed E-state index contributed by atoms with van der Waals surface area (Å²) < 4.78 is 15.7. The minimum atomic E-state index is -0.648. The van der Waals surface area contributed by atoms with Crippen LogP contribution in [0.1, 0.15) is 24.1 Å². The fourth-order valence-electron chi connectivity index (χ4n) is 3.88. The zero-order chi connectivity index (χ0) is 24.4. The molecule has 2 aromatic heterocycles. The number of carbonyl (C=O) groups is 1. The smallest absolute Gasteiger partial charge is 0.255 e. The maximum atomic E-state index is 14.1. The number of pyridine rings is 1. The number of nitrogens with one attached hydrogen (secondary N) is 2. The molecule has 10 heteroatoms. The summed E-state index contributed by atoms with van der Waals surface area (Å²) in [6, 6.07) is 16.1. The Kier molecular flexibility index (Phi) is 6.19. The largest absolute Gasteiger partial charge is 0.508 e. The summed E-state index contributed by atoms with van der Waals surface area (Å²) >= 11 is 1.30. The van der Waals surface area contributed by atoms with Crippen LogP contribution in [0.5, 0.6) is 5.75 Å². The van der Waals surface area contributed by atoms with Gasteiger partial charge < -0.3 is 15.7 Å². The molecule has 0 bridgehead atoms. The Balaban J connectivity index is 1.50. The number of fused-ring (bicyclic) bond motifs is 1. The molecule has 1 amide bonds. The van der Waals surface area contributed by atoms with Crippen molar-refractivity contribution in [1.82, 2.24) is 19.7 Å². The summed E-state index contributed by atoms with van der Waals surface area (Å²) in [6.07, 6.45) is 3.19. The quantitative estimate of drug-likeness (QED) is 0.337. The number of allylic oxidation sites excluding steroid dienone is 1. The number of halogens is 1. The van der Waals surface area contributed by atoms with Crippen molar-refractivity contribution in [2.75, 3.05) is 10.6 Å². The van der Waals surface area contributed by atoms with Gasteiger partial charge in [0.2, 0.25) is 11.1 Å². The van der Waals surface area contributed by atoms with E-state index in [2.05, 4.69) is 25.7 Å². The van der Waals surface area contributed by atoms with Crippen LogP contribution in [0.4, 0.5) is 16.0 Å². The first kappa shape index (κ1) is 22.6. The Labute approximate surface area is 204 Å². The third kappa shape index (κ3) is 4.73. The topological polar surface area (TPSA) is 105 Å². The van der Waals surface area contributed by atoms with Crippen molar-refractivity contribution in [2.24, 2.45) is 0 Å². The number of nitrogens with zero attached hydrogens (tertiary/aromatic N) is 4. The van der Waals surface area contributed by atoms with Gasteiger partial charge in [-0.05, 0) is 48.4 Å². The van der Waals surface area contributed by atoms with E-state index < -0.39 is 6.04 Å². The van der Waals surface area contributed by atoms with E-state index in [9.17, 15) is 14.3 Å². The summed E-state index contributed by atoms with van der Waals surface area (Å²) in [5, 5.41) is 21.2. The Morgan fingerprint density at radius 1 is 1.20 bits per heavy atom. The van der Waals surface area contributed by atoms with Gasteiger partial charge in [-0.3, -0.25) is 9.78 Å². The molecule has 5 rings (SSSR count). The Bertz CT molecular complexity index is 1420. The van der Waals surface area contributed by atoms with Crippen LogP contribution < -0.4 is 10.6 Å². The average Bonchev–Trinajstić information content (AvgIpc) is 3.25. The lowest BCUT2D eigenvalue weighted by molar-refractivity contribution is -0.113. The van der Waals surface area contributed by atoms with E-state index >= 15 is 0 Å². The molecule has 0 aliphatic carbocycles. The van der Waals surface area contributed by atoms with Crippen LogP contribution >= 0.6 is 11.8 Å². The minimum absolute atomic E-state index is 0.0709. The first-order valence-electron chi connectivity index (χ1n) is 10.8. The van der Waals surface area contributed by atoms with Crippen LogP contribution in [0, 0.1) is 5.82 Å². The predicted octanol–water partition coefficient (Wildman–Crippen LogP) is 4.74. The molecule has 4 aromatic rings.